The van der Waals surface area contributed by atoms with E-state index in [-0.39, 0.29) is 17.2 Å². The Morgan fingerprint density at radius 1 is 1.16 bits per heavy atom. The highest BCUT2D eigenvalue weighted by Gasteiger charge is 2.20. The average molecular weight is 412 g/mol. The van der Waals surface area contributed by atoms with Crippen LogP contribution in [0.2, 0.25) is 0 Å². The summed E-state index contributed by atoms with van der Waals surface area (Å²) < 4.78 is 7.26. The zero-order valence-electron chi connectivity index (χ0n) is 17.1. The summed E-state index contributed by atoms with van der Waals surface area (Å²) in [4.78, 5) is 20.0. The molecule has 0 saturated heterocycles. The zero-order chi connectivity index (χ0) is 22.0. The first-order valence-corrected chi connectivity index (χ1v) is 9.68. The van der Waals surface area contributed by atoms with Crippen molar-refractivity contribution in [3.8, 4) is 11.8 Å². The van der Waals surface area contributed by atoms with Gasteiger partial charge in [0.2, 0.25) is 0 Å². The number of para-hydroxylation sites is 3. The number of aryl methyl sites for hydroxylation is 1. The molecule has 2 N–H and O–H groups in total. The van der Waals surface area contributed by atoms with Crippen LogP contribution in [0.25, 0.3) is 22.3 Å². The van der Waals surface area contributed by atoms with Crippen molar-refractivity contribution in [3.63, 3.8) is 0 Å². The van der Waals surface area contributed by atoms with E-state index < -0.39 is 12.6 Å². The Bertz CT molecular complexity index is 1310. The van der Waals surface area contributed by atoms with Gasteiger partial charge in [-0.25, -0.2) is 9.78 Å². The number of imidazole rings is 1. The topological polar surface area (TPSA) is 104 Å². The number of aromatic nitrogens is 3. The van der Waals surface area contributed by atoms with Gasteiger partial charge in [-0.3, -0.25) is 0 Å². The quantitative estimate of drug-likeness (QED) is 0.283. The minimum absolute atomic E-state index is 0.0706. The monoisotopic (exact) mass is 412 g/mol. The largest absolute Gasteiger partial charge is 0.507 e. The molecule has 0 aliphatic carbocycles. The van der Waals surface area contributed by atoms with Gasteiger partial charge in [-0.15, -0.1) is 0 Å². The molecule has 0 spiro atoms. The molecule has 0 amide bonds. The van der Waals surface area contributed by atoms with E-state index in [1.165, 1.54) is 0 Å². The van der Waals surface area contributed by atoms with Crippen molar-refractivity contribution >= 4 is 22.6 Å². The molecule has 31 heavy (non-hydrogen) atoms. The molecule has 4 aromatic rings. The number of aromatic amines is 1. The third-order valence-corrected chi connectivity index (χ3v) is 5.03. The Balaban J connectivity index is 1.56. The predicted molar refractivity (Wildman–Crippen MR) is 117 cm³/mol. The van der Waals surface area contributed by atoms with E-state index in [2.05, 4.69) is 9.97 Å². The number of rotatable bonds is 5. The standard InChI is InChI=1S/C24H20N4O3/c1-15-12-18(16(2)28(15)17-8-4-3-5-9-17)24(30)31-14-22(29)19(13-25)23-26-20-10-6-7-11-21(20)27-23/h3-12,29H,14H2,1-2H3,(H,26,27)/b22-19+. The maximum Gasteiger partial charge on any atom is 0.340 e. The fourth-order valence-corrected chi connectivity index (χ4v) is 3.55. The maximum atomic E-state index is 12.7. The lowest BCUT2D eigenvalue weighted by Gasteiger charge is -2.10. The molecule has 4 rings (SSSR count). The van der Waals surface area contributed by atoms with Gasteiger partial charge < -0.3 is 19.4 Å². The van der Waals surface area contributed by atoms with E-state index in [1.807, 2.05) is 73.0 Å². The van der Waals surface area contributed by atoms with Crippen LogP contribution in [-0.4, -0.2) is 32.2 Å². The molecule has 0 atom stereocenters. The predicted octanol–water partition coefficient (Wildman–Crippen LogP) is 4.62. The van der Waals surface area contributed by atoms with E-state index in [4.69, 9.17) is 4.74 Å². The summed E-state index contributed by atoms with van der Waals surface area (Å²) in [6, 6.07) is 20.7. The van der Waals surface area contributed by atoms with Crippen LogP contribution < -0.4 is 0 Å². The van der Waals surface area contributed by atoms with Gasteiger partial charge in [0, 0.05) is 17.1 Å². The van der Waals surface area contributed by atoms with Crippen LogP contribution in [0.15, 0.2) is 66.4 Å². The molecule has 2 aromatic heterocycles. The van der Waals surface area contributed by atoms with Crippen LogP contribution in [0.5, 0.6) is 0 Å². The number of carbonyl (C=O) groups is 1. The van der Waals surface area contributed by atoms with Gasteiger partial charge in [-0.05, 0) is 44.2 Å². The molecule has 0 aliphatic rings. The SMILES string of the molecule is Cc1cc(C(=O)OC/C(O)=C(/C#N)c2nc3ccccc3[nH]2)c(C)n1-c1ccccc1. The van der Waals surface area contributed by atoms with Crippen molar-refractivity contribution in [1.82, 2.24) is 14.5 Å². The normalized spacial score (nSPS) is 11.8. The molecule has 0 aliphatic heterocycles. The Hall–Kier alpha value is -4.31. The smallest absolute Gasteiger partial charge is 0.340 e. The first kappa shape index (κ1) is 20.0. The van der Waals surface area contributed by atoms with E-state index in [9.17, 15) is 15.2 Å². The second-order valence-corrected chi connectivity index (χ2v) is 7.07. The molecule has 7 nitrogen and oxygen atoms in total. The van der Waals surface area contributed by atoms with Gasteiger partial charge in [0.25, 0.3) is 0 Å². The second kappa shape index (κ2) is 8.20. The Labute approximate surface area is 178 Å². The molecule has 0 bridgehead atoms. The van der Waals surface area contributed by atoms with Crippen LogP contribution in [0, 0.1) is 25.2 Å². The highest BCUT2D eigenvalue weighted by molar-refractivity contribution is 5.91. The van der Waals surface area contributed by atoms with Crippen LogP contribution in [0.3, 0.4) is 0 Å². The molecule has 0 fully saturated rings. The fourth-order valence-electron chi connectivity index (χ4n) is 3.55. The minimum atomic E-state index is -0.580. The summed E-state index contributed by atoms with van der Waals surface area (Å²) >= 11 is 0. The summed E-state index contributed by atoms with van der Waals surface area (Å²) in [6.45, 7) is 3.30. The third kappa shape index (κ3) is 3.79. The molecule has 2 heterocycles. The van der Waals surface area contributed by atoms with E-state index >= 15 is 0 Å². The lowest BCUT2D eigenvalue weighted by Crippen LogP contribution is -2.10. The lowest BCUT2D eigenvalue weighted by atomic mass is 10.2. The number of carbonyl (C=O) groups excluding carboxylic acids is 1. The van der Waals surface area contributed by atoms with Gasteiger partial charge in [0.05, 0.1) is 16.6 Å². The molecule has 0 radical (unpaired) electrons. The van der Waals surface area contributed by atoms with Gasteiger partial charge in [0.15, 0.2) is 11.6 Å². The molecule has 7 heteroatoms. The van der Waals surface area contributed by atoms with E-state index in [0.717, 1.165) is 22.6 Å². The minimum Gasteiger partial charge on any atom is -0.507 e. The number of nitrogens with one attached hydrogen (secondary N) is 1. The maximum absolute atomic E-state index is 12.7. The average Bonchev–Trinajstić information content (AvgIpc) is 3.33. The first-order chi connectivity index (χ1) is 15.0. The Morgan fingerprint density at radius 3 is 2.58 bits per heavy atom. The van der Waals surface area contributed by atoms with Crippen molar-refractivity contribution < 1.29 is 14.6 Å². The fraction of sp³-hybridized carbons (Fsp3) is 0.125. The molecular formula is C24H20N4O3. The number of aliphatic hydroxyl groups excluding tert-OH is 1. The number of nitrogens with zero attached hydrogens (tertiary/aromatic N) is 3. The summed E-state index contributed by atoms with van der Waals surface area (Å²) in [5.74, 6) is -0.727. The molecule has 0 saturated carbocycles. The number of aliphatic hydroxyl groups is 1. The number of H-pyrrole nitrogens is 1. The number of hydrogen-bond donors (Lipinski definition) is 2. The van der Waals surface area contributed by atoms with Crippen molar-refractivity contribution in [1.29, 1.82) is 5.26 Å². The van der Waals surface area contributed by atoms with Crippen molar-refractivity contribution in [3.05, 3.63) is 89.2 Å². The molecule has 154 valence electrons. The zero-order valence-corrected chi connectivity index (χ0v) is 17.1. The molecule has 0 unspecified atom stereocenters. The number of ether oxygens (including phenoxy) is 1. The van der Waals surface area contributed by atoms with Crippen molar-refractivity contribution in [2.75, 3.05) is 6.61 Å². The summed E-state index contributed by atoms with van der Waals surface area (Å²) in [5, 5.41) is 19.9. The second-order valence-electron chi connectivity index (χ2n) is 7.07. The summed E-state index contributed by atoms with van der Waals surface area (Å²) in [5.41, 5.74) is 4.29. The number of fused-ring (bicyclic) bond motifs is 1. The number of benzene rings is 2. The van der Waals surface area contributed by atoms with Gasteiger partial charge in [-0.2, -0.15) is 5.26 Å². The van der Waals surface area contributed by atoms with Crippen LogP contribution in [-0.2, 0) is 4.74 Å². The Kier molecular flexibility index (Phi) is 5.29. The number of nitriles is 1. The van der Waals surface area contributed by atoms with Gasteiger partial charge in [0.1, 0.15) is 18.2 Å². The highest BCUT2D eigenvalue weighted by atomic mass is 16.5. The number of allylic oxidation sites excluding steroid dienone is 1. The van der Waals surface area contributed by atoms with E-state index in [1.54, 1.807) is 12.1 Å². The van der Waals surface area contributed by atoms with Gasteiger partial charge >= 0.3 is 5.97 Å². The van der Waals surface area contributed by atoms with Crippen molar-refractivity contribution in [2.45, 2.75) is 13.8 Å². The van der Waals surface area contributed by atoms with Crippen LogP contribution >= 0.6 is 0 Å². The summed E-state index contributed by atoms with van der Waals surface area (Å²) in [7, 11) is 0. The number of esters is 1. The van der Waals surface area contributed by atoms with Crippen molar-refractivity contribution in [2.24, 2.45) is 0 Å². The lowest BCUT2D eigenvalue weighted by molar-refractivity contribution is 0.0502. The van der Waals surface area contributed by atoms with Gasteiger partial charge in [-0.1, -0.05) is 30.3 Å². The van der Waals surface area contributed by atoms with Crippen LogP contribution in [0.1, 0.15) is 27.6 Å². The Morgan fingerprint density at radius 2 is 1.87 bits per heavy atom. The summed E-state index contributed by atoms with van der Waals surface area (Å²) in [6.07, 6.45) is 0. The van der Waals surface area contributed by atoms with E-state index in [0.29, 0.717) is 11.1 Å². The highest BCUT2D eigenvalue weighted by Crippen LogP contribution is 2.22. The third-order valence-electron chi connectivity index (χ3n) is 5.03. The number of hydrogen-bond acceptors (Lipinski definition) is 5. The first-order valence-electron chi connectivity index (χ1n) is 9.68. The molecular weight excluding hydrogens is 392 g/mol. The van der Waals surface area contributed by atoms with Crippen LogP contribution in [0.4, 0.5) is 0 Å². The molecule has 2 aromatic carbocycles.